The van der Waals surface area contributed by atoms with Crippen molar-refractivity contribution < 1.29 is 33.9 Å². The number of nitrogens with one attached hydrogen (secondary N) is 1. The molecule has 0 atom stereocenters. The zero-order chi connectivity index (χ0) is 16.6. The fourth-order valence-electron chi connectivity index (χ4n) is 2.69. The molecule has 7 heteroatoms. The van der Waals surface area contributed by atoms with E-state index in [4.69, 9.17) is 18.6 Å². The van der Waals surface area contributed by atoms with Crippen LogP contribution < -0.4 is 9.64 Å². The first-order valence-electron chi connectivity index (χ1n) is 6.72. The first-order valence-corrected chi connectivity index (χ1v) is 8.86. The summed E-state index contributed by atoms with van der Waals surface area (Å²) in [5.74, 6) is 0. The number of aryl methyl sites for hydroxylation is 1. The van der Waals surface area contributed by atoms with E-state index in [-0.39, 0.29) is 0 Å². The monoisotopic (exact) mass is 352 g/mol. The van der Waals surface area contributed by atoms with E-state index in [1.807, 2.05) is 11.3 Å². The molecule has 120 valence electrons. The van der Waals surface area contributed by atoms with Gasteiger partial charge in [0.15, 0.2) is 0 Å². The summed E-state index contributed by atoms with van der Waals surface area (Å²) in [5.41, 5.74) is 3.86. The summed E-state index contributed by atoms with van der Waals surface area (Å²) in [5, 5.41) is 2.64. The summed E-state index contributed by atoms with van der Waals surface area (Å²) < 4.78 is 31.6. The molecule has 4 N–H and O–H groups in total. The van der Waals surface area contributed by atoms with E-state index in [0.29, 0.717) is 0 Å². The van der Waals surface area contributed by atoms with Crippen LogP contribution in [0.1, 0.15) is 4.88 Å². The zero-order valence-electron chi connectivity index (χ0n) is 12.2. The standard InChI is InChI=1S/C16H11NS.ClH3O4/c1-10-15-11-6-2-4-8-13(11)17-16(15)12-7-3-5-9-14(12)18-10;2-1(3,4)5/h2-9H,1H3;2-4H/p+1. The van der Waals surface area contributed by atoms with Crippen LogP contribution in [0.15, 0.2) is 48.5 Å². The summed E-state index contributed by atoms with van der Waals surface area (Å²) >= 11 is 1.87. The number of H-pyrrole nitrogens is 1. The summed E-state index contributed by atoms with van der Waals surface area (Å²) in [7, 11) is -4.19. The summed E-state index contributed by atoms with van der Waals surface area (Å²) in [6.45, 7) is 2.21. The molecule has 5 nitrogen and oxygen atoms in total. The van der Waals surface area contributed by atoms with Crippen LogP contribution in [0.5, 0.6) is 0 Å². The van der Waals surface area contributed by atoms with Crippen LogP contribution in [-0.2, 0) is 0 Å². The van der Waals surface area contributed by atoms with Gasteiger partial charge in [-0.05, 0) is 25.1 Å². The molecule has 0 saturated heterocycles. The molecule has 2 aliphatic heterocycles. The maximum atomic E-state index is 8.83. The second kappa shape index (κ2) is 6.01. The van der Waals surface area contributed by atoms with Crippen LogP contribution in [0.2, 0.25) is 0 Å². The molecule has 23 heavy (non-hydrogen) atoms. The summed E-state index contributed by atoms with van der Waals surface area (Å²) in [4.78, 5) is 4.94. The van der Waals surface area contributed by atoms with Gasteiger partial charge in [0, 0.05) is 15.6 Å². The number of hydrogen-bond acceptors (Lipinski definition) is 5. The first-order chi connectivity index (χ1) is 10.8. The van der Waals surface area contributed by atoms with Gasteiger partial charge in [-0.2, -0.15) is 0 Å². The average Bonchev–Trinajstić information content (AvgIpc) is 2.86. The molecule has 0 unspecified atom stereocenters. The predicted octanol–water partition coefficient (Wildman–Crippen LogP) is 1.42. The topological polar surface area (TPSA) is 97.9 Å². The molecule has 0 amide bonds. The number of para-hydroxylation sites is 1. The fraction of sp³-hybridized carbons (Fsp3) is 0.0625. The van der Waals surface area contributed by atoms with Gasteiger partial charge in [-0.1, -0.05) is 24.3 Å². The van der Waals surface area contributed by atoms with Crippen molar-refractivity contribution in [3.8, 4) is 11.3 Å². The fourth-order valence-corrected chi connectivity index (χ4v) is 3.76. The Morgan fingerprint density at radius 1 is 0.957 bits per heavy atom. The molecule has 4 rings (SSSR count). The van der Waals surface area contributed by atoms with E-state index >= 15 is 0 Å². The molecule has 0 saturated carbocycles. The minimum atomic E-state index is -4.19. The van der Waals surface area contributed by atoms with Gasteiger partial charge in [0.2, 0.25) is 11.2 Å². The van der Waals surface area contributed by atoms with Crippen molar-refractivity contribution in [3.05, 3.63) is 53.4 Å². The van der Waals surface area contributed by atoms with Crippen molar-refractivity contribution in [1.82, 2.24) is 0 Å². The molecule has 0 aliphatic carbocycles. The van der Waals surface area contributed by atoms with Crippen molar-refractivity contribution in [2.45, 2.75) is 6.92 Å². The quantitative estimate of drug-likeness (QED) is 0.446. The van der Waals surface area contributed by atoms with Gasteiger partial charge in [0.05, 0.1) is 16.3 Å². The Morgan fingerprint density at radius 3 is 2.22 bits per heavy atom. The van der Waals surface area contributed by atoms with Crippen molar-refractivity contribution in [3.63, 3.8) is 0 Å². The molecular formula is C16H15ClNO4S+. The molecule has 0 aromatic heterocycles. The number of benzene rings is 2. The normalized spacial score (nSPS) is 12.4. The van der Waals surface area contributed by atoms with Crippen LogP contribution in [0.3, 0.4) is 0 Å². The third kappa shape index (κ3) is 3.42. The number of halogens is 1. The van der Waals surface area contributed by atoms with Crippen molar-refractivity contribution in [2.75, 3.05) is 0 Å². The van der Waals surface area contributed by atoms with Gasteiger partial charge < -0.3 is 0 Å². The number of rotatable bonds is 0. The van der Waals surface area contributed by atoms with Crippen LogP contribution in [-0.4, -0.2) is 14.0 Å². The van der Waals surface area contributed by atoms with Gasteiger partial charge in [-0.3, -0.25) is 0 Å². The predicted molar refractivity (Wildman–Crippen MR) is 83.9 cm³/mol. The van der Waals surface area contributed by atoms with Crippen LogP contribution >= 0.6 is 11.3 Å². The van der Waals surface area contributed by atoms with Gasteiger partial charge >= 0.3 is 28.9 Å². The van der Waals surface area contributed by atoms with Crippen molar-refractivity contribution in [1.29, 1.82) is 0 Å². The molecular weight excluding hydrogens is 338 g/mol. The van der Waals surface area contributed by atoms with E-state index in [9.17, 15) is 0 Å². The minimum absolute atomic E-state index is 1.22. The number of fused-ring (bicyclic) bond motifs is 5. The first kappa shape index (κ1) is 16.1. The van der Waals surface area contributed by atoms with E-state index in [0.717, 1.165) is 0 Å². The molecule has 0 bridgehead atoms. The molecule has 2 aromatic carbocycles. The Morgan fingerprint density at radius 2 is 1.52 bits per heavy atom. The molecule has 2 heterocycles. The number of hydrogen-bond donors (Lipinski definition) is 3. The van der Waals surface area contributed by atoms with E-state index in [1.165, 1.54) is 37.1 Å². The Labute approximate surface area is 138 Å². The molecule has 0 fully saturated rings. The van der Waals surface area contributed by atoms with E-state index in [1.54, 1.807) is 0 Å². The zero-order valence-corrected chi connectivity index (χ0v) is 13.7. The second-order valence-electron chi connectivity index (χ2n) is 5.01. The van der Waals surface area contributed by atoms with Gasteiger partial charge in [-0.15, -0.1) is 11.3 Å². The van der Waals surface area contributed by atoms with Crippen molar-refractivity contribution >= 4 is 32.3 Å². The van der Waals surface area contributed by atoms with Crippen molar-refractivity contribution in [2.24, 2.45) is 0 Å². The summed E-state index contributed by atoms with van der Waals surface area (Å²) in [6.07, 6.45) is 0. The average molecular weight is 353 g/mol. The molecule has 2 aromatic rings. The third-order valence-corrected chi connectivity index (χ3v) is 4.56. The van der Waals surface area contributed by atoms with Gasteiger partial charge in [0.25, 0.3) is 0 Å². The summed E-state index contributed by atoms with van der Waals surface area (Å²) in [6, 6.07) is 17.1. The Bertz CT molecular complexity index is 942. The van der Waals surface area contributed by atoms with Gasteiger partial charge in [0.1, 0.15) is 0 Å². The Hall–Kier alpha value is -1.80. The Balaban J connectivity index is 0.000000276. The van der Waals surface area contributed by atoms with Crippen LogP contribution in [0.25, 0.3) is 32.2 Å². The number of aromatic nitrogens is 1. The third-order valence-electron chi connectivity index (χ3n) is 3.48. The SMILES string of the molecule is Cc1sc2ccccc2c2[nH+]c3ccccc3c1-2.[O-][Cl+](O)(O)O. The van der Waals surface area contributed by atoms with Gasteiger partial charge in [-0.25, -0.2) is 4.98 Å². The Kier molecular flexibility index (Phi) is 4.20. The maximum absolute atomic E-state index is 8.83. The van der Waals surface area contributed by atoms with Crippen LogP contribution in [0.4, 0.5) is 0 Å². The molecule has 0 spiro atoms. The number of aromatic amines is 1. The van der Waals surface area contributed by atoms with E-state index in [2.05, 4.69) is 60.4 Å². The van der Waals surface area contributed by atoms with E-state index < -0.39 is 10.2 Å². The molecule has 2 aliphatic rings. The second-order valence-corrected chi connectivity index (χ2v) is 7.13. The van der Waals surface area contributed by atoms with Crippen LogP contribution in [0, 0.1) is 17.2 Å². The molecule has 0 radical (unpaired) electrons.